The number of carbonyl (C=O) groups is 2. The minimum Gasteiger partial charge on any atom is -0.481 e. The van der Waals surface area contributed by atoms with Crippen LogP contribution < -0.4 is 0 Å². The van der Waals surface area contributed by atoms with Crippen molar-refractivity contribution in [3.05, 3.63) is 0 Å². The fourth-order valence-electron chi connectivity index (χ4n) is 0.627. The summed E-state index contributed by atoms with van der Waals surface area (Å²) in [7, 11) is 0. The number of carbonyl (C=O) groups excluding carboxylic acids is 1. The van der Waals surface area contributed by atoms with Gasteiger partial charge in [-0.3, -0.25) is 9.59 Å². The summed E-state index contributed by atoms with van der Waals surface area (Å²) in [5.74, 6) is -1.45. The van der Waals surface area contributed by atoms with E-state index in [9.17, 15) is 9.59 Å². The second-order valence-electron chi connectivity index (χ2n) is 2.50. The Morgan fingerprint density at radius 3 is 2.36 bits per heavy atom. The molecule has 0 saturated carbocycles. The number of rotatable bonds is 5. The van der Waals surface area contributed by atoms with Crippen LogP contribution in [0.5, 0.6) is 0 Å². The van der Waals surface area contributed by atoms with E-state index in [2.05, 4.69) is 0 Å². The van der Waals surface area contributed by atoms with E-state index in [1.54, 1.807) is 6.92 Å². The Bertz CT molecular complexity index is 151. The molecule has 0 heterocycles. The lowest BCUT2D eigenvalue weighted by atomic mass is 10.1. The number of Topliss-reactive ketones (excluding diaryl/α,β-unsaturated/α-hetero) is 1. The molecule has 2 N–H and O–H groups in total. The number of aliphatic hydroxyl groups is 1. The molecular weight excluding hydrogens is 148 g/mol. The van der Waals surface area contributed by atoms with Gasteiger partial charge in [0.05, 0.1) is 6.10 Å². The van der Waals surface area contributed by atoms with Crippen molar-refractivity contribution in [2.45, 2.75) is 32.3 Å². The maximum Gasteiger partial charge on any atom is 0.310 e. The lowest BCUT2D eigenvalue weighted by molar-refractivity contribution is -0.140. The molecule has 0 rings (SSSR count). The van der Waals surface area contributed by atoms with E-state index < -0.39 is 18.5 Å². The summed E-state index contributed by atoms with van der Waals surface area (Å²) in [5.41, 5.74) is 0. The number of aliphatic hydroxyl groups excluding tert-OH is 1. The summed E-state index contributed by atoms with van der Waals surface area (Å²) in [6.45, 7) is 1.56. The van der Waals surface area contributed by atoms with E-state index in [0.29, 0.717) is 6.42 Å². The molecule has 0 aliphatic rings. The quantitative estimate of drug-likeness (QED) is 0.563. The topological polar surface area (TPSA) is 74.6 Å². The molecular formula is C7H12O4. The minimum absolute atomic E-state index is 0.143. The van der Waals surface area contributed by atoms with Crippen molar-refractivity contribution in [3.63, 3.8) is 0 Å². The van der Waals surface area contributed by atoms with Crippen molar-refractivity contribution >= 4 is 11.8 Å². The summed E-state index contributed by atoms with van der Waals surface area (Å²) < 4.78 is 0. The standard InChI is InChI=1S/C7H12O4/c1-5(8)2-3-6(9)4-7(10)11/h5,8H,2-4H2,1H3,(H,10,11). The van der Waals surface area contributed by atoms with Gasteiger partial charge in [-0.05, 0) is 13.3 Å². The minimum atomic E-state index is -1.11. The van der Waals surface area contributed by atoms with Crippen LogP contribution in [0.4, 0.5) is 0 Å². The third kappa shape index (κ3) is 6.99. The molecule has 0 aliphatic heterocycles. The highest BCUT2D eigenvalue weighted by Crippen LogP contribution is 1.99. The van der Waals surface area contributed by atoms with Gasteiger partial charge in [-0.15, -0.1) is 0 Å². The van der Waals surface area contributed by atoms with Crippen molar-refractivity contribution in [2.24, 2.45) is 0 Å². The SMILES string of the molecule is CC(O)CCC(=O)CC(=O)O. The highest BCUT2D eigenvalue weighted by Gasteiger charge is 2.08. The maximum atomic E-state index is 10.7. The average molecular weight is 160 g/mol. The van der Waals surface area contributed by atoms with Crippen LogP contribution in [-0.4, -0.2) is 28.1 Å². The van der Waals surface area contributed by atoms with Crippen LogP contribution in [0.15, 0.2) is 0 Å². The molecule has 64 valence electrons. The highest BCUT2D eigenvalue weighted by atomic mass is 16.4. The summed E-state index contributed by atoms with van der Waals surface area (Å²) in [6, 6.07) is 0. The summed E-state index contributed by atoms with van der Waals surface area (Å²) in [5, 5.41) is 16.9. The molecule has 0 spiro atoms. The fraction of sp³-hybridized carbons (Fsp3) is 0.714. The van der Waals surface area contributed by atoms with E-state index in [1.807, 2.05) is 0 Å². The molecule has 0 aliphatic carbocycles. The summed E-state index contributed by atoms with van der Waals surface area (Å²) >= 11 is 0. The van der Waals surface area contributed by atoms with Crippen LogP contribution in [-0.2, 0) is 9.59 Å². The number of ketones is 1. The first-order chi connectivity index (χ1) is 5.02. The van der Waals surface area contributed by atoms with E-state index in [4.69, 9.17) is 10.2 Å². The zero-order valence-corrected chi connectivity index (χ0v) is 6.41. The van der Waals surface area contributed by atoms with Gasteiger partial charge in [0, 0.05) is 6.42 Å². The summed E-state index contributed by atoms with van der Waals surface area (Å²) in [6.07, 6.45) is -0.490. The molecule has 0 aromatic rings. The lowest BCUT2D eigenvalue weighted by Gasteiger charge is -2.00. The Morgan fingerprint density at radius 2 is 2.00 bits per heavy atom. The molecule has 11 heavy (non-hydrogen) atoms. The molecule has 0 amide bonds. The molecule has 1 unspecified atom stereocenters. The molecule has 0 bridgehead atoms. The van der Waals surface area contributed by atoms with Crippen molar-refractivity contribution in [2.75, 3.05) is 0 Å². The number of carboxylic acids is 1. The molecule has 0 radical (unpaired) electrons. The third-order valence-corrected chi connectivity index (χ3v) is 1.19. The van der Waals surface area contributed by atoms with Gasteiger partial charge in [0.2, 0.25) is 0 Å². The number of hydrogen-bond donors (Lipinski definition) is 2. The Hall–Kier alpha value is -0.900. The Kier molecular flexibility index (Phi) is 4.45. The van der Waals surface area contributed by atoms with Crippen molar-refractivity contribution < 1.29 is 19.8 Å². The molecule has 0 aromatic heterocycles. The fourth-order valence-corrected chi connectivity index (χ4v) is 0.627. The van der Waals surface area contributed by atoms with Crippen molar-refractivity contribution in [3.8, 4) is 0 Å². The second-order valence-corrected chi connectivity index (χ2v) is 2.50. The van der Waals surface area contributed by atoms with E-state index >= 15 is 0 Å². The van der Waals surface area contributed by atoms with Crippen LogP contribution in [0.1, 0.15) is 26.2 Å². The molecule has 4 nitrogen and oxygen atoms in total. The van der Waals surface area contributed by atoms with Gasteiger partial charge in [0.25, 0.3) is 0 Å². The Balaban J connectivity index is 3.46. The van der Waals surface area contributed by atoms with Gasteiger partial charge in [-0.25, -0.2) is 0 Å². The molecule has 0 aromatic carbocycles. The van der Waals surface area contributed by atoms with E-state index in [1.165, 1.54) is 0 Å². The van der Waals surface area contributed by atoms with Crippen LogP contribution in [0.25, 0.3) is 0 Å². The van der Waals surface area contributed by atoms with Gasteiger partial charge < -0.3 is 10.2 Å². The van der Waals surface area contributed by atoms with Crippen molar-refractivity contribution in [1.29, 1.82) is 0 Å². The largest absolute Gasteiger partial charge is 0.481 e. The smallest absolute Gasteiger partial charge is 0.310 e. The number of hydrogen-bond acceptors (Lipinski definition) is 3. The maximum absolute atomic E-state index is 10.7. The van der Waals surface area contributed by atoms with Gasteiger partial charge >= 0.3 is 5.97 Å². The van der Waals surface area contributed by atoms with E-state index in [0.717, 1.165) is 0 Å². The lowest BCUT2D eigenvalue weighted by Crippen LogP contribution is -2.09. The first-order valence-corrected chi connectivity index (χ1v) is 3.44. The molecule has 4 heteroatoms. The Morgan fingerprint density at radius 1 is 1.45 bits per heavy atom. The first-order valence-electron chi connectivity index (χ1n) is 3.44. The summed E-state index contributed by atoms with van der Waals surface area (Å²) in [4.78, 5) is 20.6. The average Bonchev–Trinajstić information content (AvgIpc) is 1.82. The van der Waals surface area contributed by atoms with Gasteiger partial charge in [-0.1, -0.05) is 0 Å². The third-order valence-electron chi connectivity index (χ3n) is 1.19. The number of aliphatic carboxylic acids is 1. The van der Waals surface area contributed by atoms with Crippen molar-refractivity contribution in [1.82, 2.24) is 0 Å². The molecule has 1 atom stereocenters. The van der Waals surface area contributed by atoms with Gasteiger partial charge in [-0.2, -0.15) is 0 Å². The zero-order chi connectivity index (χ0) is 8.85. The number of carboxylic acid groups (broad SMARTS) is 1. The Labute approximate surface area is 64.8 Å². The monoisotopic (exact) mass is 160 g/mol. The predicted octanol–water partition coefficient (Wildman–Crippen LogP) is 0.191. The van der Waals surface area contributed by atoms with Crippen LogP contribution in [0.2, 0.25) is 0 Å². The molecule has 0 fully saturated rings. The van der Waals surface area contributed by atoms with Crippen LogP contribution >= 0.6 is 0 Å². The van der Waals surface area contributed by atoms with Crippen LogP contribution in [0, 0.1) is 0 Å². The van der Waals surface area contributed by atoms with Crippen LogP contribution in [0.3, 0.4) is 0 Å². The molecule has 0 saturated heterocycles. The first kappa shape index (κ1) is 10.1. The second kappa shape index (κ2) is 4.85. The normalized spacial score (nSPS) is 12.5. The van der Waals surface area contributed by atoms with Gasteiger partial charge in [0.1, 0.15) is 12.2 Å². The predicted molar refractivity (Wildman–Crippen MR) is 38.2 cm³/mol. The van der Waals surface area contributed by atoms with E-state index in [-0.39, 0.29) is 12.2 Å². The van der Waals surface area contributed by atoms with Gasteiger partial charge in [0.15, 0.2) is 0 Å². The zero-order valence-electron chi connectivity index (χ0n) is 6.41. The highest BCUT2D eigenvalue weighted by molar-refractivity contribution is 5.94.